The normalized spacial score (nSPS) is 11.6. The molecule has 0 aliphatic rings. The number of para-hydroxylation sites is 1. The van der Waals surface area contributed by atoms with Gasteiger partial charge in [0, 0.05) is 25.8 Å². The minimum atomic E-state index is -3.79. The summed E-state index contributed by atoms with van der Waals surface area (Å²) in [4.78, 5) is 10.5. The van der Waals surface area contributed by atoms with Gasteiger partial charge < -0.3 is 9.84 Å². The van der Waals surface area contributed by atoms with Crippen LogP contribution >= 0.6 is 0 Å². The summed E-state index contributed by atoms with van der Waals surface area (Å²) >= 11 is 0. The van der Waals surface area contributed by atoms with Gasteiger partial charge in [0.2, 0.25) is 0 Å². The molecule has 0 aliphatic carbocycles. The third-order valence-electron chi connectivity index (χ3n) is 2.77. The Morgan fingerprint density at radius 2 is 2.05 bits per heavy atom. The van der Waals surface area contributed by atoms with Gasteiger partial charge in [-0.2, -0.15) is 12.7 Å². The number of aliphatic carboxylic acids is 1. The molecular weight excluding hydrogens is 296 g/mol. The first-order chi connectivity index (χ1) is 9.86. The molecule has 0 aromatic heterocycles. The van der Waals surface area contributed by atoms with Gasteiger partial charge in [-0.3, -0.25) is 9.52 Å². The average Bonchev–Trinajstić information content (AvgIpc) is 2.43. The highest BCUT2D eigenvalue weighted by Gasteiger charge is 2.19. The van der Waals surface area contributed by atoms with Crippen LogP contribution in [0.15, 0.2) is 24.3 Å². The molecule has 21 heavy (non-hydrogen) atoms. The Labute approximate surface area is 124 Å². The van der Waals surface area contributed by atoms with Crippen molar-refractivity contribution in [3.8, 4) is 0 Å². The summed E-state index contributed by atoms with van der Waals surface area (Å²) in [6.07, 6.45) is -0.252. The summed E-state index contributed by atoms with van der Waals surface area (Å²) in [5.41, 5.74) is 1.14. The zero-order valence-corrected chi connectivity index (χ0v) is 12.9. The summed E-state index contributed by atoms with van der Waals surface area (Å²) in [5, 5.41) is 8.60. The topological polar surface area (TPSA) is 95.9 Å². The molecule has 1 aromatic carbocycles. The van der Waals surface area contributed by atoms with Crippen LogP contribution in [0.25, 0.3) is 0 Å². The number of ether oxygens (including phenoxy) is 1. The number of benzene rings is 1. The summed E-state index contributed by atoms with van der Waals surface area (Å²) in [5.74, 6) is -1.05. The zero-order valence-electron chi connectivity index (χ0n) is 12.1. The maximum Gasteiger partial charge on any atom is 0.304 e. The molecule has 0 heterocycles. The maximum atomic E-state index is 12.1. The zero-order chi connectivity index (χ0) is 15.9. The van der Waals surface area contributed by atoms with Crippen molar-refractivity contribution in [2.24, 2.45) is 0 Å². The molecule has 0 saturated heterocycles. The molecule has 0 atom stereocenters. The quantitative estimate of drug-likeness (QED) is 0.715. The van der Waals surface area contributed by atoms with Crippen LogP contribution in [-0.2, 0) is 26.3 Å². The molecule has 1 aromatic rings. The smallest absolute Gasteiger partial charge is 0.304 e. The van der Waals surface area contributed by atoms with Crippen molar-refractivity contribution >= 4 is 21.9 Å². The Kier molecular flexibility index (Phi) is 6.60. The van der Waals surface area contributed by atoms with Crippen molar-refractivity contribution < 1.29 is 23.1 Å². The van der Waals surface area contributed by atoms with E-state index in [-0.39, 0.29) is 13.0 Å². The molecule has 2 N–H and O–H groups in total. The lowest BCUT2D eigenvalue weighted by Gasteiger charge is -2.19. The van der Waals surface area contributed by atoms with Gasteiger partial charge in [0.15, 0.2) is 0 Å². The van der Waals surface area contributed by atoms with Gasteiger partial charge in [-0.1, -0.05) is 18.2 Å². The van der Waals surface area contributed by atoms with E-state index in [1.54, 1.807) is 24.3 Å². The summed E-state index contributed by atoms with van der Waals surface area (Å²) in [6, 6.07) is 6.91. The highest BCUT2D eigenvalue weighted by molar-refractivity contribution is 7.90. The number of carboxylic acid groups (broad SMARTS) is 1. The summed E-state index contributed by atoms with van der Waals surface area (Å²) < 4.78 is 32.9. The highest BCUT2D eigenvalue weighted by atomic mass is 32.2. The van der Waals surface area contributed by atoms with E-state index >= 15 is 0 Å². The first kappa shape index (κ1) is 17.4. The van der Waals surface area contributed by atoms with Crippen molar-refractivity contribution in [2.75, 3.05) is 24.9 Å². The Bertz CT molecular complexity index is 574. The number of hydrogen-bond acceptors (Lipinski definition) is 4. The minimum Gasteiger partial charge on any atom is -0.481 e. The van der Waals surface area contributed by atoms with E-state index in [4.69, 9.17) is 9.84 Å². The first-order valence-electron chi connectivity index (χ1n) is 6.48. The van der Waals surface area contributed by atoms with Gasteiger partial charge in [-0.25, -0.2) is 0 Å². The first-order valence-corrected chi connectivity index (χ1v) is 7.92. The summed E-state index contributed by atoms with van der Waals surface area (Å²) in [6.45, 7) is 2.58. The van der Waals surface area contributed by atoms with Crippen LogP contribution in [0.5, 0.6) is 0 Å². The molecule has 0 bridgehead atoms. The van der Waals surface area contributed by atoms with Crippen molar-refractivity contribution in [1.82, 2.24) is 4.31 Å². The van der Waals surface area contributed by atoms with Gasteiger partial charge in [0.25, 0.3) is 0 Å². The molecule has 8 heteroatoms. The Morgan fingerprint density at radius 3 is 2.67 bits per heavy atom. The van der Waals surface area contributed by atoms with Gasteiger partial charge in [-0.15, -0.1) is 0 Å². The largest absolute Gasteiger partial charge is 0.481 e. The fraction of sp³-hybridized carbons (Fsp3) is 0.462. The lowest BCUT2D eigenvalue weighted by Crippen LogP contribution is -2.34. The Morgan fingerprint density at radius 1 is 1.38 bits per heavy atom. The standard InChI is InChI=1S/C13H20N2O5S/c1-3-20-10-11-6-4-5-7-12(11)14-21(18,19)15(2)9-8-13(16)17/h4-7,14H,3,8-10H2,1-2H3,(H,16,17). The van der Waals surface area contributed by atoms with E-state index in [9.17, 15) is 13.2 Å². The lowest BCUT2D eigenvalue weighted by molar-refractivity contribution is -0.137. The van der Waals surface area contributed by atoms with Crippen LogP contribution in [0.3, 0.4) is 0 Å². The highest BCUT2D eigenvalue weighted by Crippen LogP contribution is 2.18. The van der Waals surface area contributed by atoms with Gasteiger partial charge in [-0.05, 0) is 13.0 Å². The molecule has 0 aliphatic heterocycles. The van der Waals surface area contributed by atoms with E-state index in [1.165, 1.54) is 7.05 Å². The number of carbonyl (C=O) groups is 1. The van der Waals surface area contributed by atoms with E-state index < -0.39 is 16.2 Å². The second-order valence-corrected chi connectivity index (χ2v) is 6.14. The molecule has 0 fully saturated rings. The second-order valence-electron chi connectivity index (χ2n) is 4.37. The van der Waals surface area contributed by atoms with Crippen LogP contribution in [-0.4, -0.2) is 44.0 Å². The van der Waals surface area contributed by atoms with Crippen molar-refractivity contribution in [3.63, 3.8) is 0 Å². The number of anilines is 1. The molecule has 7 nitrogen and oxygen atoms in total. The predicted molar refractivity (Wildman–Crippen MR) is 79.2 cm³/mol. The number of hydrogen-bond donors (Lipinski definition) is 2. The predicted octanol–water partition coefficient (Wildman–Crippen LogP) is 1.29. The summed E-state index contributed by atoms with van der Waals surface area (Å²) in [7, 11) is -2.46. The van der Waals surface area contributed by atoms with Crippen LogP contribution < -0.4 is 4.72 Å². The third kappa shape index (κ3) is 5.70. The molecule has 1 rings (SSSR count). The molecule has 118 valence electrons. The number of nitrogens with zero attached hydrogens (tertiary/aromatic N) is 1. The van der Waals surface area contributed by atoms with Crippen LogP contribution in [0.2, 0.25) is 0 Å². The molecule has 0 unspecified atom stereocenters. The SMILES string of the molecule is CCOCc1ccccc1NS(=O)(=O)N(C)CCC(=O)O. The van der Waals surface area contributed by atoms with Crippen LogP contribution in [0.4, 0.5) is 5.69 Å². The van der Waals surface area contributed by atoms with Gasteiger partial charge in [0.05, 0.1) is 18.7 Å². The van der Waals surface area contributed by atoms with E-state index in [1.807, 2.05) is 6.92 Å². The van der Waals surface area contributed by atoms with Gasteiger partial charge in [0.1, 0.15) is 0 Å². The minimum absolute atomic E-state index is 0.0989. The molecule has 0 spiro atoms. The molecule has 0 amide bonds. The monoisotopic (exact) mass is 316 g/mol. The van der Waals surface area contributed by atoms with Crippen LogP contribution in [0.1, 0.15) is 18.9 Å². The number of nitrogens with one attached hydrogen (secondary N) is 1. The van der Waals surface area contributed by atoms with Crippen LogP contribution in [0, 0.1) is 0 Å². The lowest BCUT2D eigenvalue weighted by atomic mass is 10.2. The number of carboxylic acids is 1. The molecule has 0 saturated carbocycles. The number of rotatable bonds is 9. The van der Waals surface area contributed by atoms with Crippen molar-refractivity contribution in [3.05, 3.63) is 29.8 Å². The van der Waals surface area contributed by atoms with Crippen molar-refractivity contribution in [1.29, 1.82) is 0 Å². The van der Waals surface area contributed by atoms with E-state index in [0.29, 0.717) is 18.9 Å². The third-order valence-corrected chi connectivity index (χ3v) is 4.25. The van der Waals surface area contributed by atoms with Gasteiger partial charge >= 0.3 is 16.2 Å². The van der Waals surface area contributed by atoms with Crippen molar-refractivity contribution in [2.45, 2.75) is 20.0 Å². The van der Waals surface area contributed by atoms with E-state index in [0.717, 1.165) is 9.87 Å². The average molecular weight is 316 g/mol. The van der Waals surface area contributed by atoms with E-state index in [2.05, 4.69) is 4.72 Å². The Balaban J connectivity index is 2.81. The Hall–Kier alpha value is -1.64. The molecular formula is C13H20N2O5S. The molecule has 0 radical (unpaired) electrons. The maximum absolute atomic E-state index is 12.1. The fourth-order valence-electron chi connectivity index (χ4n) is 1.55. The fourth-order valence-corrected chi connectivity index (χ4v) is 2.51. The second kappa shape index (κ2) is 7.96.